The third-order valence-electron chi connectivity index (χ3n) is 3.12. The molecule has 1 amide bonds. The van der Waals surface area contributed by atoms with E-state index < -0.39 is 17.5 Å². The van der Waals surface area contributed by atoms with Crippen LogP contribution < -0.4 is 11.1 Å². The van der Waals surface area contributed by atoms with Crippen molar-refractivity contribution < 1.29 is 13.6 Å². The number of carbonyl (C=O) groups excluding carboxylic acids is 1. The molecular formula is C16H16F2N2O. The number of hydrogen-bond acceptors (Lipinski definition) is 2. The Hall–Kier alpha value is -2.43. The van der Waals surface area contributed by atoms with Gasteiger partial charge in [0.15, 0.2) is 11.6 Å². The van der Waals surface area contributed by atoms with Crippen LogP contribution in [-0.2, 0) is 6.42 Å². The third-order valence-corrected chi connectivity index (χ3v) is 3.12. The van der Waals surface area contributed by atoms with Crippen LogP contribution in [0.1, 0.15) is 21.5 Å². The second kappa shape index (κ2) is 6.35. The van der Waals surface area contributed by atoms with E-state index in [1.807, 2.05) is 31.2 Å². The molecule has 5 heteroatoms. The summed E-state index contributed by atoms with van der Waals surface area (Å²) in [4.78, 5) is 11.9. The quantitative estimate of drug-likeness (QED) is 0.851. The van der Waals surface area contributed by atoms with Crippen LogP contribution in [0.15, 0.2) is 36.4 Å². The van der Waals surface area contributed by atoms with Crippen LogP contribution >= 0.6 is 0 Å². The summed E-state index contributed by atoms with van der Waals surface area (Å²) in [5.74, 6) is -2.67. The van der Waals surface area contributed by atoms with Crippen molar-refractivity contribution in [3.8, 4) is 0 Å². The summed E-state index contributed by atoms with van der Waals surface area (Å²) in [7, 11) is 0. The van der Waals surface area contributed by atoms with Gasteiger partial charge in [-0.15, -0.1) is 0 Å². The highest BCUT2D eigenvalue weighted by molar-refractivity contribution is 5.99. The maximum atomic E-state index is 13.1. The molecule has 0 aliphatic rings. The first-order chi connectivity index (χ1) is 9.97. The number of halogens is 2. The van der Waals surface area contributed by atoms with Gasteiger partial charge in [-0.1, -0.05) is 29.8 Å². The molecule has 0 aliphatic heterocycles. The van der Waals surface area contributed by atoms with Gasteiger partial charge in [0.2, 0.25) is 0 Å². The van der Waals surface area contributed by atoms with Gasteiger partial charge in [-0.05, 0) is 25.0 Å². The number of anilines is 1. The number of hydrogen-bond donors (Lipinski definition) is 2. The van der Waals surface area contributed by atoms with E-state index in [4.69, 9.17) is 5.73 Å². The van der Waals surface area contributed by atoms with Gasteiger partial charge in [0.05, 0.1) is 5.56 Å². The molecule has 0 saturated carbocycles. The van der Waals surface area contributed by atoms with E-state index in [0.717, 1.165) is 23.3 Å². The Bertz CT molecular complexity index is 671. The van der Waals surface area contributed by atoms with Gasteiger partial charge in [-0.25, -0.2) is 8.78 Å². The fraction of sp³-hybridized carbons (Fsp3) is 0.188. The number of nitrogen functional groups attached to an aromatic ring is 1. The highest BCUT2D eigenvalue weighted by Crippen LogP contribution is 2.16. The Kier molecular flexibility index (Phi) is 4.52. The Morgan fingerprint density at radius 2 is 1.90 bits per heavy atom. The first-order valence-electron chi connectivity index (χ1n) is 6.55. The minimum Gasteiger partial charge on any atom is -0.398 e. The second-order valence-corrected chi connectivity index (χ2v) is 4.85. The van der Waals surface area contributed by atoms with E-state index >= 15 is 0 Å². The molecule has 110 valence electrons. The molecule has 3 nitrogen and oxygen atoms in total. The molecule has 21 heavy (non-hydrogen) atoms. The summed E-state index contributed by atoms with van der Waals surface area (Å²) in [6.07, 6.45) is 0.650. The van der Waals surface area contributed by atoms with Crippen LogP contribution in [0.25, 0.3) is 0 Å². The first-order valence-corrected chi connectivity index (χ1v) is 6.55. The lowest BCUT2D eigenvalue weighted by Gasteiger charge is -2.08. The molecule has 0 bridgehead atoms. The number of rotatable bonds is 4. The predicted molar refractivity (Wildman–Crippen MR) is 78.0 cm³/mol. The number of benzene rings is 2. The molecule has 0 radical (unpaired) electrons. The lowest BCUT2D eigenvalue weighted by atomic mass is 10.1. The van der Waals surface area contributed by atoms with Gasteiger partial charge in [0.25, 0.3) is 5.91 Å². The summed E-state index contributed by atoms with van der Waals surface area (Å²) in [5.41, 5.74) is 7.62. The minimum absolute atomic E-state index is 0.0573. The average molecular weight is 290 g/mol. The highest BCUT2D eigenvalue weighted by atomic mass is 19.2. The maximum absolute atomic E-state index is 13.1. The van der Waals surface area contributed by atoms with Crippen LogP contribution in [0.3, 0.4) is 0 Å². The van der Waals surface area contributed by atoms with Crippen LogP contribution in [-0.4, -0.2) is 12.5 Å². The Labute approximate surface area is 121 Å². The molecule has 2 aromatic rings. The molecule has 0 aromatic heterocycles. The fourth-order valence-electron chi connectivity index (χ4n) is 2.04. The van der Waals surface area contributed by atoms with Gasteiger partial charge in [0, 0.05) is 18.3 Å². The molecule has 2 rings (SSSR count). The van der Waals surface area contributed by atoms with Crippen LogP contribution in [0, 0.1) is 18.6 Å². The van der Waals surface area contributed by atoms with E-state index in [2.05, 4.69) is 5.32 Å². The van der Waals surface area contributed by atoms with E-state index in [1.54, 1.807) is 0 Å². The molecule has 0 heterocycles. The van der Waals surface area contributed by atoms with Crippen molar-refractivity contribution in [2.24, 2.45) is 0 Å². The van der Waals surface area contributed by atoms with Crippen molar-refractivity contribution >= 4 is 11.6 Å². The van der Waals surface area contributed by atoms with Crippen molar-refractivity contribution in [1.29, 1.82) is 0 Å². The van der Waals surface area contributed by atoms with Crippen molar-refractivity contribution in [3.05, 3.63) is 64.7 Å². The van der Waals surface area contributed by atoms with E-state index in [0.29, 0.717) is 13.0 Å². The van der Waals surface area contributed by atoms with E-state index in [9.17, 15) is 13.6 Å². The molecule has 0 aliphatic carbocycles. The Morgan fingerprint density at radius 1 is 1.19 bits per heavy atom. The molecule has 0 spiro atoms. The molecule has 2 aromatic carbocycles. The SMILES string of the molecule is Cc1cccc(CCNC(=O)c2cc(F)c(F)cc2N)c1. The van der Waals surface area contributed by atoms with Crippen LogP contribution in [0.5, 0.6) is 0 Å². The van der Waals surface area contributed by atoms with Gasteiger partial charge in [-0.3, -0.25) is 4.79 Å². The molecule has 0 atom stereocenters. The lowest BCUT2D eigenvalue weighted by Crippen LogP contribution is -2.26. The lowest BCUT2D eigenvalue weighted by molar-refractivity contribution is 0.0954. The normalized spacial score (nSPS) is 10.4. The monoisotopic (exact) mass is 290 g/mol. The number of nitrogens with one attached hydrogen (secondary N) is 1. The average Bonchev–Trinajstić information content (AvgIpc) is 2.43. The van der Waals surface area contributed by atoms with Gasteiger partial charge < -0.3 is 11.1 Å². The maximum Gasteiger partial charge on any atom is 0.253 e. The van der Waals surface area contributed by atoms with Crippen LogP contribution in [0.4, 0.5) is 14.5 Å². The summed E-state index contributed by atoms with van der Waals surface area (Å²) < 4.78 is 26.1. The highest BCUT2D eigenvalue weighted by Gasteiger charge is 2.13. The summed E-state index contributed by atoms with van der Waals surface area (Å²) in [6.45, 7) is 2.38. The largest absolute Gasteiger partial charge is 0.398 e. The molecular weight excluding hydrogens is 274 g/mol. The minimum atomic E-state index is -1.09. The van der Waals surface area contributed by atoms with Crippen molar-refractivity contribution in [2.45, 2.75) is 13.3 Å². The first kappa shape index (κ1) is 15.0. The summed E-state index contributed by atoms with van der Waals surface area (Å²) in [6, 6.07) is 9.55. The summed E-state index contributed by atoms with van der Waals surface area (Å²) >= 11 is 0. The number of nitrogens with two attached hydrogens (primary N) is 1. The van der Waals surface area contributed by atoms with Gasteiger partial charge in [-0.2, -0.15) is 0 Å². The third kappa shape index (κ3) is 3.78. The van der Waals surface area contributed by atoms with E-state index in [-0.39, 0.29) is 11.3 Å². The molecule has 0 fully saturated rings. The Balaban J connectivity index is 1.98. The van der Waals surface area contributed by atoms with Crippen molar-refractivity contribution in [1.82, 2.24) is 5.32 Å². The van der Waals surface area contributed by atoms with Crippen LogP contribution in [0.2, 0.25) is 0 Å². The van der Waals surface area contributed by atoms with Gasteiger partial charge >= 0.3 is 0 Å². The zero-order valence-electron chi connectivity index (χ0n) is 11.6. The zero-order valence-corrected chi connectivity index (χ0v) is 11.6. The standard InChI is InChI=1S/C16H16F2N2O/c1-10-3-2-4-11(7-10)5-6-20-16(21)12-8-13(17)14(18)9-15(12)19/h2-4,7-9H,5-6,19H2,1H3,(H,20,21). The second-order valence-electron chi connectivity index (χ2n) is 4.85. The molecule has 0 unspecified atom stereocenters. The molecule has 0 saturated heterocycles. The van der Waals surface area contributed by atoms with Gasteiger partial charge in [0.1, 0.15) is 0 Å². The molecule has 3 N–H and O–H groups in total. The number of amides is 1. The topological polar surface area (TPSA) is 55.1 Å². The fourth-order valence-corrected chi connectivity index (χ4v) is 2.04. The summed E-state index contributed by atoms with van der Waals surface area (Å²) in [5, 5.41) is 2.65. The van der Waals surface area contributed by atoms with E-state index in [1.165, 1.54) is 0 Å². The smallest absolute Gasteiger partial charge is 0.253 e. The number of carbonyl (C=O) groups is 1. The zero-order chi connectivity index (χ0) is 15.4. The Morgan fingerprint density at radius 3 is 2.62 bits per heavy atom. The number of aryl methyl sites for hydroxylation is 1. The van der Waals surface area contributed by atoms with Crippen molar-refractivity contribution in [3.63, 3.8) is 0 Å². The predicted octanol–water partition coefficient (Wildman–Crippen LogP) is 2.83. The van der Waals surface area contributed by atoms with Crippen molar-refractivity contribution in [2.75, 3.05) is 12.3 Å².